The first-order valence-electron chi connectivity index (χ1n) is 7.13. The number of primary amides is 1. The van der Waals surface area contributed by atoms with Crippen molar-refractivity contribution in [1.29, 1.82) is 0 Å². The molecule has 0 spiro atoms. The maximum Gasteiger partial charge on any atom is 0.338 e. The van der Waals surface area contributed by atoms with Gasteiger partial charge in [-0.1, -0.05) is 6.07 Å². The number of amides is 3. The second-order valence-corrected chi connectivity index (χ2v) is 5.94. The lowest BCUT2D eigenvalue weighted by Gasteiger charge is -2.13. The molecule has 0 aliphatic carbocycles. The average molecular weight is 347 g/mol. The van der Waals surface area contributed by atoms with E-state index in [0.29, 0.717) is 12.2 Å². The lowest BCUT2D eigenvalue weighted by Crippen LogP contribution is -2.35. The summed E-state index contributed by atoms with van der Waals surface area (Å²) in [5, 5.41) is 7.01. The van der Waals surface area contributed by atoms with E-state index in [1.807, 2.05) is 17.5 Å². The lowest BCUT2D eigenvalue weighted by atomic mass is 10.2. The smallest absolute Gasteiger partial charge is 0.338 e. The molecule has 7 nitrogen and oxygen atoms in total. The van der Waals surface area contributed by atoms with Crippen molar-refractivity contribution < 1.29 is 19.1 Å². The van der Waals surface area contributed by atoms with Crippen molar-refractivity contribution in [3.05, 3.63) is 52.2 Å². The molecule has 0 bridgehead atoms. The molecule has 1 unspecified atom stereocenters. The van der Waals surface area contributed by atoms with Gasteiger partial charge in [0.05, 0.1) is 12.1 Å². The van der Waals surface area contributed by atoms with Gasteiger partial charge >= 0.3 is 12.0 Å². The molecule has 1 aromatic carbocycles. The van der Waals surface area contributed by atoms with Crippen molar-refractivity contribution in [2.45, 2.75) is 19.6 Å². The van der Waals surface area contributed by atoms with Gasteiger partial charge < -0.3 is 21.1 Å². The fourth-order valence-corrected chi connectivity index (χ4v) is 2.49. The molecule has 1 atom stereocenters. The highest BCUT2D eigenvalue weighted by molar-refractivity contribution is 7.09. The molecule has 24 heavy (non-hydrogen) atoms. The number of hydrogen-bond donors (Lipinski definition) is 3. The molecule has 1 heterocycles. The van der Waals surface area contributed by atoms with E-state index in [1.54, 1.807) is 0 Å². The van der Waals surface area contributed by atoms with Crippen LogP contribution in [0.5, 0.6) is 0 Å². The Kier molecular flexibility index (Phi) is 5.91. The highest BCUT2D eigenvalue weighted by Gasteiger charge is 2.18. The van der Waals surface area contributed by atoms with Crippen LogP contribution < -0.4 is 16.4 Å². The van der Waals surface area contributed by atoms with Gasteiger partial charge in [0.15, 0.2) is 6.10 Å². The zero-order chi connectivity index (χ0) is 17.5. The van der Waals surface area contributed by atoms with Crippen LogP contribution in [0.3, 0.4) is 0 Å². The first kappa shape index (κ1) is 17.5. The molecule has 0 radical (unpaired) electrons. The van der Waals surface area contributed by atoms with E-state index in [1.165, 1.54) is 42.5 Å². The minimum atomic E-state index is -0.916. The molecule has 0 saturated heterocycles. The molecule has 1 aromatic heterocycles. The molecular formula is C16H17N3O4S. The second kappa shape index (κ2) is 8.11. The van der Waals surface area contributed by atoms with Crippen molar-refractivity contribution in [2.24, 2.45) is 5.73 Å². The van der Waals surface area contributed by atoms with Gasteiger partial charge in [0.2, 0.25) is 0 Å². The maximum atomic E-state index is 12.0. The third-order valence-electron chi connectivity index (χ3n) is 3.06. The first-order chi connectivity index (χ1) is 11.5. The highest BCUT2D eigenvalue weighted by Crippen LogP contribution is 2.12. The number of carbonyl (C=O) groups excluding carboxylic acids is 3. The third kappa shape index (κ3) is 5.10. The van der Waals surface area contributed by atoms with E-state index in [9.17, 15) is 14.4 Å². The Morgan fingerprint density at radius 2 is 1.92 bits per heavy atom. The van der Waals surface area contributed by atoms with Crippen LogP contribution in [-0.2, 0) is 16.1 Å². The topological polar surface area (TPSA) is 111 Å². The number of anilines is 1. The summed E-state index contributed by atoms with van der Waals surface area (Å²) in [5.74, 6) is -0.997. The van der Waals surface area contributed by atoms with Gasteiger partial charge in [-0.2, -0.15) is 0 Å². The number of urea groups is 1. The summed E-state index contributed by atoms with van der Waals surface area (Å²) in [6, 6.07) is 9.09. The summed E-state index contributed by atoms with van der Waals surface area (Å²) in [4.78, 5) is 35.7. The number of rotatable bonds is 6. The fourth-order valence-electron chi connectivity index (χ4n) is 1.85. The predicted molar refractivity (Wildman–Crippen MR) is 90.7 cm³/mol. The number of nitrogens with one attached hydrogen (secondary N) is 2. The Labute approximate surface area is 142 Å². The Hall–Kier alpha value is -2.87. The zero-order valence-corrected chi connectivity index (χ0v) is 13.8. The number of carbonyl (C=O) groups is 3. The molecule has 0 saturated carbocycles. The van der Waals surface area contributed by atoms with E-state index in [4.69, 9.17) is 10.5 Å². The van der Waals surface area contributed by atoms with E-state index in [2.05, 4.69) is 10.6 Å². The summed E-state index contributed by atoms with van der Waals surface area (Å²) in [6.45, 7) is 1.90. The minimum absolute atomic E-state index is 0.267. The van der Waals surface area contributed by atoms with Crippen LogP contribution in [-0.4, -0.2) is 24.0 Å². The number of esters is 1. The van der Waals surface area contributed by atoms with E-state index < -0.39 is 18.1 Å². The Balaban J connectivity index is 1.86. The fraction of sp³-hybridized carbons (Fsp3) is 0.188. The van der Waals surface area contributed by atoms with E-state index in [0.717, 1.165) is 4.88 Å². The quantitative estimate of drug-likeness (QED) is 0.695. The molecule has 126 valence electrons. The van der Waals surface area contributed by atoms with Crippen LogP contribution in [0.1, 0.15) is 22.2 Å². The molecule has 4 N–H and O–H groups in total. The number of ether oxygens (including phenoxy) is 1. The normalized spacial score (nSPS) is 11.4. The monoisotopic (exact) mass is 347 g/mol. The summed E-state index contributed by atoms with van der Waals surface area (Å²) in [6.07, 6.45) is -0.916. The van der Waals surface area contributed by atoms with E-state index >= 15 is 0 Å². The molecule has 0 aliphatic heterocycles. The molecule has 2 aromatic rings. The lowest BCUT2D eigenvalue weighted by molar-refractivity contribution is -0.129. The van der Waals surface area contributed by atoms with Crippen molar-refractivity contribution >= 4 is 34.9 Å². The second-order valence-electron chi connectivity index (χ2n) is 4.91. The van der Waals surface area contributed by atoms with Gasteiger partial charge in [-0.25, -0.2) is 9.59 Å². The van der Waals surface area contributed by atoms with Crippen LogP contribution >= 0.6 is 11.3 Å². The molecule has 3 amide bonds. The number of hydrogen-bond acceptors (Lipinski definition) is 5. The molecule has 2 rings (SSSR count). The van der Waals surface area contributed by atoms with Gasteiger partial charge in [0.1, 0.15) is 0 Å². The van der Waals surface area contributed by atoms with Gasteiger partial charge in [-0.05, 0) is 42.6 Å². The molecule has 8 heteroatoms. The molecule has 0 fully saturated rings. The summed E-state index contributed by atoms with van der Waals surface area (Å²) in [5.41, 5.74) is 5.73. The van der Waals surface area contributed by atoms with E-state index in [-0.39, 0.29) is 11.5 Å². The predicted octanol–water partition coefficient (Wildman–Crippen LogP) is 2.10. The summed E-state index contributed by atoms with van der Waals surface area (Å²) < 4.78 is 5.13. The molecule has 0 aliphatic rings. The first-order valence-corrected chi connectivity index (χ1v) is 8.01. The van der Waals surface area contributed by atoms with Crippen LogP contribution in [0.2, 0.25) is 0 Å². The standard InChI is InChI=1S/C16H17N3O4S/c1-10(14(20)18-9-13-3-2-8-24-13)23-15(21)11-4-6-12(7-5-11)19-16(17)22/h2-8,10H,9H2,1H3,(H,18,20)(H3,17,19,22). The maximum absolute atomic E-state index is 12.0. The SMILES string of the molecule is CC(OC(=O)c1ccc(NC(N)=O)cc1)C(=O)NCc1cccs1. The van der Waals surface area contributed by atoms with Crippen molar-refractivity contribution in [1.82, 2.24) is 5.32 Å². The largest absolute Gasteiger partial charge is 0.449 e. The number of thiophene rings is 1. The summed E-state index contributed by atoms with van der Waals surface area (Å²) >= 11 is 1.53. The van der Waals surface area contributed by atoms with Crippen molar-refractivity contribution in [2.75, 3.05) is 5.32 Å². The average Bonchev–Trinajstić information content (AvgIpc) is 3.06. The number of benzene rings is 1. The Morgan fingerprint density at radius 1 is 1.21 bits per heavy atom. The number of nitrogens with two attached hydrogens (primary N) is 1. The Morgan fingerprint density at radius 3 is 2.50 bits per heavy atom. The third-order valence-corrected chi connectivity index (χ3v) is 3.93. The minimum Gasteiger partial charge on any atom is -0.449 e. The van der Waals surface area contributed by atoms with Crippen molar-refractivity contribution in [3.63, 3.8) is 0 Å². The van der Waals surface area contributed by atoms with Crippen molar-refractivity contribution in [3.8, 4) is 0 Å². The van der Waals surface area contributed by atoms with Crippen LogP contribution in [0.25, 0.3) is 0 Å². The summed E-state index contributed by atoms with van der Waals surface area (Å²) in [7, 11) is 0. The molecular weight excluding hydrogens is 330 g/mol. The van der Waals surface area contributed by atoms with Gasteiger partial charge in [0.25, 0.3) is 5.91 Å². The van der Waals surface area contributed by atoms with Gasteiger partial charge in [0, 0.05) is 10.6 Å². The van der Waals surface area contributed by atoms with Crippen LogP contribution in [0.15, 0.2) is 41.8 Å². The van der Waals surface area contributed by atoms with Gasteiger partial charge in [-0.15, -0.1) is 11.3 Å². The van der Waals surface area contributed by atoms with Crippen LogP contribution in [0.4, 0.5) is 10.5 Å². The van der Waals surface area contributed by atoms with Gasteiger partial charge in [-0.3, -0.25) is 4.79 Å². The van der Waals surface area contributed by atoms with Crippen LogP contribution in [0, 0.1) is 0 Å². The highest BCUT2D eigenvalue weighted by atomic mass is 32.1. The Bertz CT molecular complexity index is 713. The zero-order valence-electron chi connectivity index (χ0n) is 12.9.